The van der Waals surface area contributed by atoms with Crippen molar-refractivity contribution in [2.24, 2.45) is 0 Å². The first kappa shape index (κ1) is 20.3. The topological polar surface area (TPSA) is 39.7 Å². The van der Waals surface area contributed by atoms with Crippen molar-refractivity contribution in [3.63, 3.8) is 0 Å². The van der Waals surface area contributed by atoms with Crippen LogP contribution in [0.25, 0.3) is 0 Å². The number of hydrogen-bond donors (Lipinski definition) is 1. The molecular formula is C18H20BrCl2NO3. The minimum absolute atomic E-state index is 0.313. The van der Waals surface area contributed by atoms with E-state index in [4.69, 9.17) is 37.4 Å². The number of hydrogen-bond acceptors (Lipinski definition) is 4. The summed E-state index contributed by atoms with van der Waals surface area (Å²) in [5.74, 6) is 1.34. The summed E-state index contributed by atoms with van der Waals surface area (Å²) in [6.45, 7) is 2.31. The Kier molecular flexibility index (Phi) is 8.33. The predicted molar refractivity (Wildman–Crippen MR) is 105 cm³/mol. The summed E-state index contributed by atoms with van der Waals surface area (Å²) in [5, 5.41) is 4.48. The molecule has 4 nitrogen and oxygen atoms in total. The Morgan fingerprint density at radius 3 is 2.60 bits per heavy atom. The normalized spacial score (nSPS) is 10.8. The van der Waals surface area contributed by atoms with Gasteiger partial charge in [-0.25, -0.2) is 0 Å². The maximum atomic E-state index is 6.23. The lowest BCUT2D eigenvalue weighted by Gasteiger charge is -2.17. The first-order valence-corrected chi connectivity index (χ1v) is 9.23. The summed E-state index contributed by atoms with van der Waals surface area (Å²) >= 11 is 15.7. The van der Waals surface area contributed by atoms with E-state index in [9.17, 15) is 0 Å². The first-order chi connectivity index (χ1) is 12.1. The molecule has 0 radical (unpaired) electrons. The van der Waals surface area contributed by atoms with Crippen LogP contribution in [-0.2, 0) is 17.9 Å². The Morgan fingerprint density at radius 2 is 1.92 bits per heavy atom. The monoisotopic (exact) mass is 447 g/mol. The van der Waals surface area contributed by atoms with Gasteiger partial charge in [-0.2, -0.15) is 0 Å². The number of rotatable bonds is 9. The van der Waals surface area contributed by atoms with Crippen molar-refractivity contribution in [1.29, 1.82) is 0 Å². The summed E-state index contributed by atoms with van der Waals surface area (Å²) < 4.78 is 17.5. The summed E-state index contributed by atoms with van der Waals surface area (Å²) in [4.78, 5) is 0. The van der Waals surface area contributed by atoms with Gasteiger partial charge in [0.1, 0.15) is 6.61 Å². The lowest BCUT2D eigenvalue weighted by atomic mass is 10.1. The number of benzene rings is 2. The molecule has 0 unspecified atom stereocenters. The van der Waals surface area contributed by atoms with Crippen molar-refractivity contribution in [1.82, 2.24) is 5.32 Å². The van der Waals surface area contributed by atoms with Gasteiger partial charge in [0, 0.05) is 45.8 Å². The van der Waals surface area contributed by atoms with E-state index in [-0.39, 0.29) is 0 Å². The number of ether oxygens (including phenoxy) is 3. The molecule has 2 aromatic rings. The van der Waals surface area contributed by atoms with Crippen molar-refractivity contribution in [2.45, 2.75) is 13.2 Å². The average Bonchev–Trinajstić information content (AvgIpc) is 2.59. The third-order valence-electron chi connectivity index (χ3n) is 3.56. The van der Waals surface area contributed by atoms with E-state index in [0.717, 1.165) is 22.1 Å². The maximum Gasteiger partial charge on any atom is 0.167 e. The maximum absolute atomic E-state index is 6.23. The molecule has 0 aliphatic heterocycles. The Hall–Kier alpha value is -0.980. The van der Waals surface area contributed by atoms with Crippen LogP contribution in [0.3, 0.4) is 0 Å². The number of methoxy groups -OCH3 is 2. The number of halogens is 3. The molecule has 0 atom stereocenters. The Balaban J connectivity index is 2.20. The van der Waals surface area contributed by atoms with Crippen LogP contribution in [0, 0.1) is 0 Å². The minimum Gasteiger partial charge on any atom is -0.493 e. The van der Waals surface area contributed by atoms with E-state index < -0.39 is 0 Å². The first-order valence-electron chi connectivity index (χ1n) is 7.68. The van der Waals surface area contributed by atoms with Crippen LogP contribution < -0.4 is 14.8 Å². The third kappa shape index (κ3) is 5.76. The molecule has 2 rings (SSSR count). The molecule has 1 N–H and O–H groups in total. The second kappa shape index (κ2) is 10.2. The smallest absolute Gasteiger partial charge is 0.167 e. The largest absolute Gasteiger partial charge is 0.493 e. The van der Waals surface area contributed by atoms with Crippen LogP contribution in [0.2, 0.25) is 10.0 Å². The van der Waals surface area contributed by atoms with Crippen LogP contribution in [0.5, 0.6) is 11.5 Å². The zero-order valence-electron chi connectivity index (χ0n) is 14.1. The van der Waals surface area contributed by atoms with Gasteiger partial charge in [-0.05, 0) is 24.3 Å². The quantitative estimate of drug-likeness (QED) is 0.543. The molecule has 0 saturated carbocycles. The summed E-state index contributed by atoms with van der Waals surface area (Å²) in [6, 6.07) is 9.14. The van der Waals surface area contributed by atoms with Crippen molar-refractivity contribution >= 4 is 39.1 Å². The fraction of sp³-hybridized carbons (Fsp3) is 0.333. The molecule has 2 aromatic carbocycles. The van der Waals surface area contributed by atoms with Crippen molar-refractivity contribution in [2.75, 3.05) is 27.4 Å². The highest BCUT2D eigenvalue weighted by molar-refractivity contribution is 9.10. The predicted octanol–water partition coefficient (Wildman–Crippen LogP) is 5.08. The molecule has 0 aromatic heterocycles. The summed E-state index contributed by atoms with van der Waals surface area (Å²) in [7, 11) is 3.29. The fourth-order valence-corrected chi connectivity index (χ4v) is 3.16. The molecule has 0 fully saturated rings. The Labute approximate surface area is 166 Å². The van der Waals surface area contributed by atoms with Gasteiger partial charge >= 0.3 is 0 Å². The van der Waals surface area contributed by atoms with Gasteiger partial charge in [0.25, 0.3) is 0 Å². The highest BCUT2D eigenvalue weighted by Crippen LogP contribution is 2.37. The van der Waals surface area contributed by atoms with Gasteiger partial charge in [-0.1, -0.05) is 45.2 Å². The van der Waals surface area contributed by atoms with E-state index >= 15 is 0 Å². The number of nitrogens with one attached hydrogen (secondary N) is 1. The van der Waals surface area contributed by atoms with Crippen LogP contribution in [0.1, 0.15) is 11.1 Å². The zero-order valence-corrected chi connectivity index (χ0v) is 17.2. The average molecular weight is 449 g/mol. The molecule has 0 aliphatic rings. The van der Waals surface area contributed by atoms with Crippen LogP contribution in [0.4, 0.5) is 0 Å². The summed E-state index contributed by atoms with van der Waals surface area (Å²) in [6.07, 6.45) is 0. The van der Waals surface area contributed by atoms with Crippen LogP contribution >= 0.6 is 39.1 Å². The van der Waals surface area contributed by atoms with Gasteiger partial charge in [0.2, 0.25) is 0 Å². The second-order valence-electron chi connectivity index (χ2n) is 5.25. The molecule has 136 valence electrons. The standard InChI is InChI=1S/C18H20BrCl2NO3/c1-23-8-7-22-10-14-15(19)5-6-17(24-2)18(14)25-11-12-3-4-13(20)9-16(12)21/h3-6,9,22H,7-8,10-11H2,1-2H3. The van der Waals surface area contributed by atoms with Crippen LogP contribution in [-0.4, -0.2) is 27.4 Å². The van der Waals surface area contributed by atoms with Crippen molar-refractivity contribution in [3.05, 3.63) is 56.0 Å². The SMILES string of the molecule is COCCNCc1c(Br)ccc(OC)c1OCc1ccc(Cl)cc1Cl. The molecule has 25 heavy (non-hydrogen) atoms. The second-order valence-corrected chi connectivity index (χ2v) is 6.95. The van der Waals surface area contributed by atoms with E-state index in [1.807, 2.05) is 18.2 Å². The lowest BCUT2D eigenvalue weighted by molar-refractivity contribution is 0.199. The highest BCUT2D eigenvalue weighted by atomic mass is 79.9. The summed E-state index contributed by atoms with van der Waals surface area (Å²) in [5.41, 5.74) is 1.83. The van der Waals surface area contributed by atoms with E-state index in [2.05, 4.69) is 21.2 Å². The molecule has 7 heteroatoms. The Bertz CT molecular complexity index is 713. The molecule has 0 amide bonds. The van der Waals surface area contributed by atoms with E-state index in [1.165, 1.54) is 0 Å². The van der Waals surface area contributed by atoms with Gasteiger partial charge < -0.3 is 19.5 Å². The van der Waals surface area contributed by atoms with Crippen molar-refractivity contribution < 1.29 is 14.2 Å². The minimum atomic E-state index is 0.313. The van der Waals surface area contributed by atoms with Crippen molar-refractivity contribution in [3.8, 4) is 11.5 Å². The molecule has 0 spiro atoms. The highest BCUT2D eigenvalue weighted by Gasteiger charge is 2.15. The molecule has 0 aliphatic carbocycles. The molecule has 0 heterocycles. The lowest BCUT2D eigenvalue weighted by Crippen LogP contribution is -2.19. The third-order valence-corrected chi connectivity index (χ3v) is 4.89. The zero-order chi connectivity index (χ0) is 18.2. The van der Waals surface area contributed by atoms with Crippen LogP contribution in [0.15, 0.2) is 34.8 Å². The van der Waals surface area contributed by atoms with E-state index in [1.54, 1.807) is 26.4 Å². The molecule has 0 bridgehead atoms. The fourth-order valence-electron chi connectivity index (χ4n) is 2.24. The molecular weight excluding hydrogens is 429 g/mol. The van der Waals surface area contributed by atoms with E-state index in [0.29, 0.717) is 41.3 Å². The van der Waals surface area contributed by atoms with Gasteiger partial charge in [0.15, 0.2) is 11.5 Å². The van der Waals surface area contributed by atoms with Gasteiger partial charge in [-0.3, -0.25) is 0 Å². The van der Waals surface area contributed by atoms with Gasteiger partial charge in [0.05, 0.1) is 13.7 Å². The Morgan fingerprint density at radius 1 is 1.12 bits per heavy atom. The van der Waals surface area contributed by atoms with Gasteiger partial charge in [-0.15, -0.1) is 0 Å². The molecule has 0 saturated heterocycles.